The van der Waals surface area contributed by atoms with Gasteiger partial charge in [-0.05, 0) is 17.7 Å². The summed E-state index contributed by atoms with van der Waals surface area (Å²) in [5, 5.41) is 8.86. The van der Waals surface area contributed by atoms with Crippen molar-refractivity contribution in [3.05, 3.63) is 53.9 Å². The maximum Gasteiger partial charge on any atom is 0.123 e. The Morgan fingerprint density at radius 1 is 1.38 bits per heavy atom. The third-order valence-corrected chi connectivity index (χ3v) is 2.41. The number of aromatic nitrogens is 2. The van der Waals surface area contributed by atoms with E-state index in [1.807, 2.05) is 10.6 Å². The van der Waals surface area contributed by atoms with Crippen LogP contribution in [0.4, 0.5) is 4.39 Å². The highest BCUT2D eigenvalue weighted by Gasteiger charge is 2.03. The highest BCUT2D eigenvalue weighted by Crippen LogP contribution is 2.10. The van der Waals surface area contributed by atoms with E-state index in [4.69, 9.17) is 5.11 Å². The van der Waals surface area contributed by atoms with Crippen LogP contribution in [0.5, 0.6) is 0 Å². The normalized spacial score (nSPS) is 10.6. The number of imidazole rings is 1. The van der Waals surface area contributed by atoms with Crippen LogP contribution in [-0.2, 0) is 13.0 Å². The molecule has 0 amide bonds. The van der Waals surface area contributed by atoms with Gasteiger partial charge in [0.2, 0.25) is 0 Å². The van der Waals surface area contributed by atoms with Gasteiger partial charge in [0.05, 0.1) is 12.9 Å². The predicted octanol–water partition coefficient (Wildman–Crippen LogP) is 1.61. The number of hydrogen-bond acceptors (Lipinski definition) is 2. The van der Waals surface area contributed by atoms with Gasteiger partial charge in [0, 0.05) is 24.9 Å². The zero-order chi connectivity index (χ0) is 11.4. The van der Waals surface area contributed by atoms with Crippen molar-refractivity contribution in [1.82, 2.24) is 9.55 Å². The first kappa shape index (κ1) is 10.8. The number of nitrogens with zero attached hydrogens (tertiary/aromatic N) is 2. The highest BCUT2D eigenvalue weighted by molar-refractivity contribution is 5.21. The van der Waals surface area contributed by atoms with Gasteiger partial charge in [0.15, 0.2) is 0 Å². The molecule has 0 spiro atoms. The Morgan fingerprint density at radius 2 is 2.25 bits per heavy atom. The average molecular weight is 220 g/mol. The maximum absolute atomic E-state index is 13.0. The van der Waals surface area contributed by atoms with E-state index in [2.05, 4.69) is 4.98 Å². The monoisotopic (exact) mass is 220 g/mol. The largest absolute Gasteiger partial charge is 0.395 e. The minimum atomic E-state index is -0.231. The molecule has 0 bridgehead atoms. The molecule has 1 heterocycles. The van der Waals surface area contributed by atoms with E-state index in [1.165, 1.54) is 12.1 Å². The van der Waals surface area contributed by atoms with Gasteiger partial charge in [-0.25, -0.2) is 9.37 Å². The number of aliphatic hydroxyl groups excluding tert-OH is 1. The molecule has 0 saturated heterocycles. The Labute approximate surface area is 93.2 Å². The fraction of sp³-hybridized carbons (Fsp3) is 0.250. The summed E-state index contributed by atoms with van der Waals surface area (Å²) in [7, 11) is 0. The van der Waals surface area contributed by atoms with Crippen LogP contribution in [0, 0.1) is 5.82 Å². The molecule has 2 aromatic rings. The fourth-order valence-corrected chi connectivity index (χ4v) is 1.66. The van der Waals surface area contributed by atoms with Crippen LogP contribution >= 0.6 is 0 Å². The molecule has 0 saturated carbocycles. The van der Waals surface area contributed by atoms with Gasteiger partial charge < -0.3 is 9.67 Å². The Hall–Kier alpha value is -1.68. The van der Waals surface area contributed by atoms with Crippen molar-refractivity contribution in [1.29, 1.82) is 0 Å². The van der Waals surface area contributed by atoms with E-state index in [0.29, 0.717) is 13.0 Å². The van der Waals surface area contributed by atoms with Gasteiger partial charge in [0.1, 0.15) is 5.82 Å². The van der Waals surface area contributed by atoms with E-state index in [9.17, 15) is 4.39 Å². The second-order valence-electron chi connectivity index (χ2n) is 3.61. The summed E-state index contributed by atoms with van der Waals surface area (Å²) in [5.41, 5.74) is 1.87. The summed E-state index contributed by atoms with van der Waals surface area (Å²) in [6.45, 7) is 0.594. The second-order valence-corrected chi connectivity index (χ2v) is 3.61. The summed E-state index contributed by atoms with van der Waals surface area (Å²) in [6, 6.07) is 6.50. The fourth-order valence-electron chi connectivity index (χ4n) is 1.66. The molecule has 1 N–H and O–H groups in total. The molecule has 0 aliphatic carbocycles. The van der Waals surface area contributed by atoms with Crippen LogP contribution in [0.2, 0.25) is 0 Å². The van der Waals surface area contributed by atoms with Crippen molar-refractivity contribution in [3.63, 3.8) is 0 Å². The Bertz CT molecular complexity index is 468. The summed E-state index contributed by atoms with van der Waals surface area (Å²) in [4.78, 5) is 4.02. The lowest BCUT2D eigenvalue weighted by molar-refractivity contribution is 0.274. The second kappa shape index (κ2) is 4.90. The number of rotatable bonds is 4. The molecule has 16 heavy (non-hydrogen) atoms. The molecule has 2 rings (SSSR count). The van der Waals surface area contributed by atoms with Crippen LogP contribution in [0.3, 0.4) is 0 Å². The van der Waals surface area contributed by atoms with Crippen molar-refractivity contribution in [2.24, 2.45) is 0 Å². The lowest BCUT2D eigenvalue weighted by atomic mass is 10.1. The molecule has 0 unspecified atom stereocenters. The third kappa shape index (κ3) is 2.46. The van der Waals surface area contributed by atoms with Crippen LogP contribution in [0.1, 0.15) is 11.3 Å². The van der Waals surface area contributed by atoms with Gasteiger partial charge in [-0.3, -0.25) is 0 Å². The lowest BCUT2D eigenvalue weighted by Gasteiger charge is -2.06. The SMILES string of the molecule is OCCn1cncc1Cc1cccc(F)c1. The van der Waals surface area contributed by atoms with Crippen LogP contribution in [0.25, 0.3) is 0 Å². The molecule has 1 aromatic heterocycles. The third-order valence-electron chi connectivity index (χ3n) is 2.41. The van der Waals surface area contributed by atoms with E-state index >= 15 is 0 Å². The first-order valence-corrected chi connectivity index (χ1v) is 5.14. The van der Waals surface area contributed by atoms with Crippen LogP contribution in [0.15, 0.2) is 36.8 Å². The van der Waals surface area contributed by atoms with Crippen LogP contribution in [-0.4, -0.2) is 21.3 Å². The van der Waals surface area contributed by atoms with E-state index in [-0.39, 0.29) is 12.4 Å². The molecule has 0 fully saturated rings. The molecular formula is C12H13FN2O. The molecule has 0 atom stereocenters. The lowest BCUT2D eigenvalue weighted by Crippen LogP contribution is -2.05. The number of halogens is 1. The minimum absolute atomic E-state index is 0.0759. The smallest absolute Gasteiger partial charge is 0.123 e. The molecule has 0 aliphatic rings. The molecule has 0 radical (unpaired) electrons. The van der Waals surface area contributed by atoms with Gasteiger partial charge in [-0.2, -0.15) is 0 Å². The number of benzene rings is 1. The van der Waals surface area contributed by atoms with Crippen molar-refractivity contribution < 1.29 is 9.50 Å². The van der Waals surface area contributed by atoms with E-state index in [1.54, 1.807) is 18.6 Å². The van der Waals surface area contributed by atoms with Crippen molar-refractivity contribution >= 4 is 0 Å². The standard InChI is InChI=1S/C12H13FN2O/c13-11-3-1-2-10(6-11)7-12-8-14-9-15(12)4-5-16/h1-3,6,8-9,16H,4-5,7H2. The summed E-state index contributed by atoms with van der Waals surface area (Å²) >= 11 is 0. The summed E-state index contributed by atoms with van der Waals surface area (Å²) in [6.07, 6.45) is 4.03. The maximum atomic E-state index is 13.0. The van der Waals surface area contributed by atoms with Crippen molar-refractivity contribution in [3.8, 4) is 0 Å². The average Bonchev–Trinajstić information content (AvgIpc) is 2.66. The quantitative estimate of drug-likeness (QED) is 0.850. The minimum Gasteiger partial charge on any atom is -0.395 e. The van der Waals surface area contributed by atoms with Crippen LogP contribution < -0.4 is 0 Å². The molecule has 1 aromatic carbocycles. The Balaban J connectivity index is 2.17. The Kier molecular flexibility index (Phi) is 3.31. The van der Waals surface area contributed by atoms with Gasteiger partial charge in [-0.1, -0.05) is 12.1 Å². The first-order chi connectivity index (χ1) is 7.79. The molecule has 0 aliphatic heterocycles. The van der Waals surface area contributed by atoms with E-state index < -0.39 is 0 Å². The topological polar surface area (TPSA) is 38.0 Å². The Morgan fingerprint density at radius 3 is 3.00 bits per heavy atom. The van der Waals surface area contributed by atoms with Crippen molar-refractivity contribution in [2.75, 3.05) is 6.61 Å². The summed E-state index contributed by atoms with van der Waals surface area (Å²) in [5.74, 6) is -0.231. The number of hydrogen-bond donors (Lipinski definition) is 1. The highest BCUT2D eigenvalue weighted by atomic mass is 19.1. The number of aliphatic hydroxyl groups is 1. The summed E-state index contributed by atoms with van der Waals surface area (Å²) < 4.78 is 14.8. The van der Waals surface area contributed by atoms with Gasteiger partial charge in [-0.15, -0.1) is 0 Å². The van der Waals surface area contributed by atoms with Gasteiger partial charge in [0.25, 0.3) is 0 Å². The van der Waals surface area contributed by atoms with Crippen molar-refractivity contribution in [2.45, 2.75) is 13.0 Å². The molecule has 84 valence electrons. The van der Waals surface area contributed by atoms with E-state index in [0.717, 1.165) is 11.3 Å². The zero-order valence-corrected chi connectivity index (χ0v) is 8.81. The molecule has 3 nitrogen and oxygen atoms in total. The first-order valence-electron chi connectivity index (χ1n) is 5.14. The predicted molar refractivity (Wildman–Crippen MR) is 58.5 cm³/mol. The molecule has 4 heteroatoms. The van der Waals surface area contributed by atoms with Gasteiger partial charge >= 0.3 is 0 Å². The zero-order valence-electron chi connectivity index (χ0n) is 8.81. The molecular weight excluding hydrogens is 207 g/mol.